The molecule has 32 heavy (non-hydrogen) atoms. The molecule has 0 radical (unpaired) electrons. The largest absolute Gasteiger partial charge is 0.337 e. The van der Waals surface area contributed by atoms with E-state index in [1.165, 1.54) is 6.07 Å². The molecule has 0 unspecified atom stereocenters. The minimum Gasteiger partial charge on any atom is -0.337 e. The van der Waals surface area contributed by atoms with Crippen LogP contribution in [0.25, 0.3) is 22.1 Å². The monoisotopic (exact) mass is 462 g/mol. The number of fused-ring (bicyclic) bond motifs is 2. The number of hydrogen-bond donors (Lipinski definition) is 2. The van der Waals surface area contributed by atoms with E-state index in [1.807, 2.05) is 50.2 Å². The van der Waals surface area contributed by atoms with Crippen molar-refractivity contribution < 1.29 is 8.42 Å². The molecule has 160 valence electrons. The number of para-hydroxylation sites is 2. The Bertz CT molecular complexity index is 1580. The second-order valence-corrected chi connectivity index (χ2v) is 9.53. The Balaban J connectivity index is 1.63. The maximum Gasteiger partial charge on any atom is 0.265 e. The molecule has 0 aliphatic carbocycles. The average molecular weight is 463 g/mol. The summed E-state index contributed by atoms with van der Waals surface area (Å²) < 4.78 is 37.5. The molecule has 10 heteroatoms. The predicted octanol–water partition coefficient (Wildman–Crippen LogP) is 4.80. The van der Waals surface area contributed by atoms with Crippen LogP contribution in [-0.2, 0) is 10.0 Å². The lowest BCUT2D eigenvalue weighted by atomic mass is 10.1. The van der Waals surface area contributed by atoms with Gasteiger partial charge in [-0.25, -0.2) is 18.4 Å². The van der Waals surface area contributed by atoms with Crippen molar-refractivity contribution in [3.8, 4) is 0 Å². The molecule has 2 N–H and O–H groups in total. The number of aryl methyl sites for hydroxylation is 2. The van der Waals surface area contributed by atoms with Crippen molar-refractivity contribution in [2.45, 2.75) is 18.7 Å². The van der Waals surface area contributed by atoms with Gasteiger partial charge >= 0.3 is 0 Å². The van der Waals surface area contributed by atoms with Gasteiger partial charge in [-0.15, -0.1) is 0 Å². The van der Waals surface area contributed by atoms with Crippen molar-refractivity contribution in [3.05, 3.63) is 71.8 Å². The number of sulfonamides is 1. The normalized spacial score (nSPS) is 11.7. The summed E-state index contributed by atoms with van der Waals surface area (Å²) in [4.78, 5) is 9.24. The lowest BCUT2D eigenvalue weighted by Gasteiger charge is -2.15. The van der Waals surface area contributed by atoms with Gasteiger partial charge in [0.15, 0.2) is 11.6 Å². The van der Waals surface area contributed by atoms with Gasteiger partial charge in [0.05, 0.1) is 22.8 Å². The third kappa shape index (κ3) is 3.74. The summed E-state index contributed by atoms with van der Waals surface area (Å²) in [6, 6.07) is 18.1. The summed E-state index contributed by atoms with van der Waals surface area (Å²) in [5, 5.41) is 3.25. The summed E-state index contributed by atoms with van der Waals surface area (Å²) in [5.74, 6) is 0.411. The maximum atomic E-state index is 13.3. The molecule has 0 spiro atoms. The van der Waals surface area contributed by atoms with Crippen molar-refractivity contribution in [2.75, 3.05) is 10.0 Å². The number of benzene rings is 3. The summed E-state index contributed by atoms with van der Waals surface area (Å²) in [5.41, 5.74) is 4.95. The van der Waals surface area contributed by atoms with E-state index in [0.29, 0.717) is 27.9 Å². The van der Waals surface area contributed by atoms with E-state index in [2.05, 4.69) is 28.8 Å². The molecule has 0 aliphatic heterocycles. The van der Waals surface area contributed by atoms with Crippen molar-refractivity contribution in [2.24, 2.45) is 0 Å². The van der Waals surface area contributed by atoms with E-state index in [1.54, 1.807) is 18.2 Å². The standard InChI is InChI=1S/C22H18N6O2S2/c1-13-10-11-14(2)18(12-13)25-21-22(24-16-7-4-3-6-15(16)23-21)28-32(29,30)19-9-5-8-17-20(19)27-31-26-17/h3-12H,1-2H3,(H,23,25)(H,24,28). The molecule has 2 aromatic heterocycles. The summed E-state index contributed by atoms with van der Waals surface area (Å²) in [6.45, 7) is 3.96. The topological polar surface area (TPSA) is 110 Å². The van der Waals surface area contributed by atoms with Gasteiger partial charge in [-0.2, -0.15) is 8.75 Å². The van der Waals surface area contributed by atoms with E-state index in [-0.39, 0.29) is 10.7 Å². The van der Waals surface area contributed by atoms with Gasteiger partial charge in [0, 0.05) is 5.69 Å². The van der Waals surface area contributed by atoms with Crippen LogP contribution in [0.3, 0.4) is 0 Å². The lowest BCUT2D eigenvalue weighted by Crippen LogP contribution is -2.16. The number of aromatic nitrogens is 4. The van der Waals surface area contributed by atoms with Crippen LogP contribution in [0.4, 0.5) is 17.3 Å². The number of anilines is 3. The van der Waals surface area contributed by atoms with E-state index in [9.17, 15) is 8.42 Å². The third-order valence-electron chi connectivity index (χ3n) is 4.99. The van der Waals surface area contributed by atoms with Crippen LogP contribution in [0.1, 0.15) is 11.1 Å². The molecule has 0 amide bonds. The first-order valence-corrected chi connectivity index (χ1v) is 12.0. The fourth-order valence-corrected chi connectivity index (χ4v) is 5.11. The van der Waals surface area contributed by atoms with Crippen LogP contribution in [-0.4, -0.2) is 27.1 Å². The zero-order chi connectivity index (χ0) is 22.3. The Kier molecular flexibility index (Phi) is 4.95. The zero-order valence-corrected chi connectivity index (χ0v) is 18.8. The molecule has 3 aromatic carbocycles. The van der Waals surface area contributed by atoms with Crippen LogP contribution >= 0.6 is 11.7 Å². The molecular formula is C22H18N6O2S2. The van der Waals surface area contributed by atoms with Gasteiger partial charge in [-0.3, -0.25) is 4.72 Å². The molecule has 2 heterocycles. The second kappa shape index (κ2) is 7.81. The van der Waals surface area contributed by atoms with Gasteiger partial charge in [0.2, 0.25) is 0 Å². The van der Waals surface area contributed by atoms with Crippen LogP contribution in [0.15, 0.2) is 65.6 Å². The highest BCUT2D eigenvalue weighted by atomic mass is 32.2. The smallest absolute Gasteiger partial charge is 0.265 e. The molecule has 0 fully saturated rings. The highest BCUT2D eigenvalue weighted by Crippen LogP contribution is 2.30. The van der Waals surface area contributed by atoms with Crippen molar-refractivity contribution in [1.82, 2.24) is 18.7 Å². The highest BCUT2D eigenvalue weighted by molar-refractivity contribution is 7.93. The quantitative estimate of drug-likeness (QED) is 0.386. The number of rotatable bonds is 5. The molecule has 5 rings (SSSR count). The van der Waals surface area contributed by atoms with Gasteiger partial charge < -0.3 is 5.32 Å². The molecular weight excluding hydrogens is 444 g/mol. The van der Waals surface area contributed by atoms with Gasteiger partial charge in [-0.05, 0) is 55.3 Å². The minimum absolute atomic E-state index is 0.0383. The Morgan fingerprint density at radius 1 is 0.812 bits per heavy atom. The van der Waals surface area contributed by atoms with E-state index < -0.39 is 10.0 Å². The first kappa shape index (κ1) is 20.3. The molecule has 0 atom stereocenters. The first-order chi connectivity index (χ1) is 15.4. The zero-order valence-electron chi connectivity index (χ0n) is 17.2. The van der Waals surface area contributed by atoms with Crippen molar-refractivity contribution in [1.29, 1.82) is 0 Å². The van der Waals surface area contributed by atoms with Crippen LogP contribution in [0, 0.1) is 13.8 Å². The second-order valence-electron chi connectivity index (χ2n) is 7.35. The van der Waals surface area contributed by atoms with Gasteiger partial charge in [0.1, 0.15) is 15.9 Å². The Labute approximate surface area is 188 Å². The maximum absolute atomic E-state index is 13.3. The minimum atomic E-state index is -4.00. The average Bonchev–Trinajstić information content (AvgIpc) is 3.25. The third-order valence-corrected chi connectivity index (χ3v) is 6.90. The van der Waals surface area contributed by atoms with E-state index in [0.717, 1.165) is 28.5 Å². The lowest BCUT2D eigenvalue weighted by molar-refractivity contribution is 0.602. The molecule has 5 aromatic rings. The van der Waals surface area contributed by atoms with E-state index in [4.69, 9.17) is 0 Å². The van der Waals surface area contributed by atoms with Crippen LogP contribution in [0.2, 0.25) is 0 Å². The SMILES string of the molecule is Cc1ccc(C)c(Nc2nc3ccccc3nc2NS(=O)(=O)c2cccc3nsnc23)c1. The Hall–Kier alpha value is -3.63. The number of nitrogens with one attached hydrogen (secondary N) is 2. The summed E-state index contributed by atoms with van der Waals surface area (Å²) >= 11 is 0.967. The highest BCUT2D eigenvalue weighted by Gasteiger charge is 2.23. The van der Waals surface area contributed by atoms with Gasteiger partial charge in [0.25, 0.3) is 10.0 Å². The molecule has 8 nitrogen and oxygen atoms in total. The fraction of sp³-hybridized carbons (Fsp3) is 0.0909. The molecule has 0 saturated heterocycles. The summed E-state index contributed by atoms with van der Waals surface area (Å²) in [6.07, 6.45) is 0. The van der Waals surface area contributed by atoms with Gasteiger partial charge in [-0.1, -0.05) is 30.3 Å². The fourth-order valence-electron chi connectivity index (χ4n) is 3.34. The molecule has 0 bridgehead atoms. The summed E-state index contributed by atoms with van der Waals surface area (Å²) in [7, 11) is -4.00. The Morgan fingerprint density at radius 2 is 1.53 bits per heavy atom. The molecule has 0 saturated carbocycles. The van der Waals surface area contributed by atoms with E-state index >= 15 is 0 Å². The molecule has 0 aliphatic rings. The first-order valence-electron chi connectivity index (χ1n) is 9.76. The predicted molar refractivity (Wildman–Crippen MR) is 127 cm³/mol. The van der Waals surface area contributed by atoms with Crippen molar-refractivity contribution in [3.63, 3.8) is 0 Å². The number of hydrogen-bond acceptors (Lipinski definition) is 8. The number of nitrogens with zero attached hydrogens (tertiary/aromatic N) is 4. The van der Waals surface area contributed by atoms with Crippen LogP contribution < -0.4 is 10.0 Å². The Morgan fingerprint density at radius 3 is 2.31 bits per heavy atom. The van der Waals surface area contributed by atoms with Crippen molar-refractivity contribution >= 4 is 61.1 Å². The van der Waals surface area contributed by atoms with Crippen LogP contribution in [0.5, 0.6) is 0 Å².